The number of hydrogen-bond donors (Lipinski definition) is 2. The Labute approximate surface area is 131 Å². The van der Waals surface area contributed by atoms with Crippen LogP contribution < -0.4 is 14.8 Å². The average molecular weight is 314 g/mol. The molecule has 0 aromatic heterocycles. The Morgan fingerprint density at radius 3 is 2.62 bits per heavy atom. The first-order valence-corrected chi connectivity index (χ1v) is 7.82. The molecule has 1 saturated carbocycles. The number of aliphatic hydroxyl groups is 1. The fraction of sp³-hybridized carbons (Fsp3) is 0.625. The second-order valence-corrected chi connectivity index (χ2v) is 6.12. The van der Waals surface area contributed by atoms with Crippen LogP contribution in [0.4, 0.5) is 0 Å². The van der Waals surface area contributed by atoms with Crippen LogP contribution in [0.2, 0.25) is 5.02 Å². The van der Waals surface area contributed by atoms with Gasteiger partial charge >= 0.3 is 0 Å². The van der Waals surface area contributed by atoms with Gasteiger partial charge in [-0.25, -0.2) is 0 Å². The van der Waals surface area contributed by atoms with Gasteiger partial charge in [-0.1, -0.05) is 30.9 Å². The van der Waals surface area contributed by atoms with Crippen LogP contribution in [0.1, 0.15) is 37.7 Å². The fourth-order valence-corrected chi connectivity index (χ4v) is 3.07. The first-order chi connectivity index (χ1) is 10.1. The van der Waals surface area contributed by atoms with Gasteiger partial charge in [0.2, 0.25) is 0 Å². The largest absolute Gasteiger partial charge is 0.493 e. The Balaban J connectivity index is 2.11. The lowest BCUT2D eigenvalue weighted by atomic mass is 9.85. The molecule has 2 rings (SSSR count). The molecule has 0 unspecified atom stereocenters. The first-order valence-electron chi connectivity index (χ1n) is 7.44. The number of ether oxygens (including phenoxy) is 2. The molecule has 0 spiro atoms. The lowest BCUT2D eigenvalue weighted by molar-refractivity contribution is -0.0343. The summed E-state index contributed by atoms with van der Waals surface area (Å²) in [6, 6.07) is 3.77. The van der Waals surface area contributed by atoms with Crippen LogP contribution in [0.25, 0.3) is 0 Å². The molecule has 1 fully saturated rings. The zero-order valence-corrected chi connectivity index (χ0v) is 13.5. The van der Waals surface area contributed by atoms with E-state index < -0.39 is 5.60 Å². The number of methoxy groups -OCH3 is 1. The Bertz CT molecular complexity index is 473. The van der Waals surface area contributed by atoms with E-state index in [0.29, 0.717) is 23.1 Å². The molecule has 1 aromatic rings. The van der Waals surface area contributed by atoms with E-state index in [1.54, 1.807) is 7.11 Å². The predicted molar refractivity (Wildman–Crippen MR) is 84.3 cm³/mol. The SMILES string of the molecule is CNCc1cc(Cl)c(OCC2(O)CCCCC2)c(OC)c1. The van der Waals surface area contributed by atoms with E-state index in [2.05, 4.69) is 5.32 Å². The highest BCUT2D eigenvalue weighted by Crippen LogP contribution is 2.38. The third-order valence-electron chi connectivity index (χ3n) is 3.94. The van der Waals surface area contributed by atoms with Gasteiger partial charge in [0.15, 0.2) is 11.5 Å². The van der Waals surface area contributed by atoms with Gasteiger partial charge in [-0.05, 0) is 37.6 Å². The summed E-state index contributed by atoms with van der Waals surface area (Å²) in [6.45, 7) is 0.967. The molecule has 0 atom stereocenters. The molecule has 118 valence electrons. The second-order valence-electron chi connectivity index (χ2n) is 5.71. The van der Waals surface area contributed by atoms with Crippen molar-refractivity contribution in [3.8, 4) is 11.5 Å². The molecule has 0 radical (unpaired) electrons. The van der Waals surface area contributed by atoms with Gasteiger partial charge < -0.3 is 19.9 Å². The lowest BCUT2D eigenvalue weighted by Crippen LogP contribution is -2.38. The molecule has 21 heavy (non-hydrogen) atoms. The summed E-state index contributed by atoms with van der Waals surface area (Å²) in [5, 5.41) is 14.1. The summed E-state index contributed by atoms with van der Waals surface area (Å²) in [5.41, 5.74) is 0.291. The highest BCUT2D eigenvalue weighted by molar-refractivity contribution is 6.32. The van der Waals surface area contributed by atoms with Gasteiger partial charge in [0.25, 0.3) is 0 Å². The lowest BCUT2D eigenvalue weighted by Gasteiger charge is -2.32. The van der Waals surface area contributed by atoms with Crippen molar-refractivity contribution in [2.45, 2.75) is 44.2 Å². The van der Waals surface area contributed by atoms with Gasteiger partial charge in [-0.15, -0.1) is 0 Å². The molecule has 5 heteroatoms. The third-order valence-corrected chi connectivity index (χ3v) is 4.22. The van der Waals surface area contributed by atoms with Crippen molar-refractivity contribution >= 4 is 11.6 Å². The first kappa shape index (κ1) is 16.4. The van der Waals surface area contributed by atoms with Gasteiger partial charge in [0, 0.05) is 6.54 Å². The van der Waals surface area contributed by atoms with Crippen molar-refractivity contribution < 1.29 is 14.6 Å². The van der Waals surface area contributed by atoms with Gasteiger partial charge in [-0.2, -0.15) is 0 Å². The highest BCUT2D eigenvalue weighted by atomic mass is 35.5. The number of rotatable bonds is 6. The molecule has 0 bridgehead atoms. The van der Waals surface area contributed by atoms with E-state index in [0.717, 1.165) is 31.2 Å². The summed E-state index contributed by atoms with van der Waals surface area (Å²) in [6.07, 6.45) is 4.85. The minimum absolute atomic E-state index is 0.258. The molecular weight excluding hydrogens is 290 g/mol. The minimum atomic E-state index is -0.740. The number of hydrogen-bond acceptors (Lipinski definition) is 4. The molecule has 0 aliphatic heterocycles. The fourth-order valence-electron chi connectivity index (χ4n) is 2.78. The maximum absolute atomic E-state index is 10.5. The molecule has 1 aliphatic rings. The summed E-state index contributed by atoms with van der Waals surface area (Å²) in [4.78, 5) is 0. The van der Waals surface area contributed by atoms with E-state index in [4.69, 9.17) is 21.1 Å². The Morgan fingerprint density at radius 1 is 1.29 bits per heavy atom. The maximum Gasteiger partial charge on any atom is 0.179 e. The predicted octanol–water partition coefficient (Wildman–Crippen LogP) is 3.14. The minimum Gasteiger partial charge on any atom is -0.493 e. The Kier molecular flexibility index (Phi) is 5.73. The number of halogens is 1. The number of benzene rings is 1. The summed E-state index contributed by atoms with van der Waals surface area (Å²) < 4.78 is 11.2. The molecule has 0 heterocycles. The van der Waals surface area contributed by atoms with Crippen LogP contribution in [-0.4, -0.2) is 31.5 Å². The van der Waals surface area contributed by atoms with E-state index in [1.165, 1.54) is 6.42 Å². The van der Waals surface area contributed by atoms with E-state index in [-0.39, 0.29) is 6.61 Å². The van der Waals surface area contributed by atoms with Crippen molar-refractivity contribution in [1.82, 2.24) is 5.32 Å². The van der Waals surface area contributed by atoms with Crippen LogP contribution in [-0.2, 0) is 6.54 Å². The monoisotopic (exact) mass is 313 g/mol. The average Bonchev–Trinajstić information content (AvgIpc) is 2.46. The number of nitrogens with one attached hydrogen (secondary N) is 1. The van der Waals surface area contributed by atoms with Crippen LogP contribution in [0.5, 0.6) is 11.5 Å². The molecule has 1 aliphatic carbocycles. The van der Waals surface area contributed by atoms with Crippen molar-refractivity contribution in [2.75, 3.05) is 20.8 Å². The van der Waals surface area contributed by atoms with Crippen LogP contribution in [0.15, 0.2) is 12.1 Å². The Morgan fingerprint density at radius 2 is 2.00 bits per heavy atom. The maximum atomic E-state index is 10.5. The summed E-state index contributed by atoms with van der Waals surface area (Å²) >= 11 is 6.30. The normalized spacial score (nSPS) is 17.5. The second kappa shape index (κ2) is 7.34. The highest BCUT2D eigenvalue weighted by Gasteiger charge is 2.30. The van der Waals surface area contributed by atoms with Crippen molar-refractivity contribution in [1.29, 1.82) is 0 Å². The standard InChI is InChI=1S/C16H24ClNO3/c1-18-10-12-8-13(17)15(14(9-12)20-2)21-11-16(19)6-4-3-5-7-16/h8-9,18-19H,3-7,10-11H2,1-2H3. The summed E-state index contributed by atoms with van der Waals surface area (Å²) in [5.74, 6) is 1.12. The van der Waals surface area contributed by atoms with E-state index >= 15 is 0 Å². The van der Waals surface area contributed by atoms with Crippen molar-refractivity contribution in [3.63, 3.8) is 0 Å². The Hall–Kier alpha value is -0.970. The van der Waals surface area contributed by atoms with Crippen LogP contribution in [0, 0.1) is 0 Å². The van der Waals surface area contributed by atoms with Crippen molar-refractivity contribution in [2.24, 2.45) is 0 Å². The van der Waals surface area contributed by atoms with Gasteiger partial charge in [-0.3, -0.25) is 0 Å². The van der Waals surface area contributed by atoms with Gasteiger partial charge in [0.1, 0.15) is 6.61 Å². The molecule has 4 nitrogen and oxygen atoms in total. The molecular formula is C16H24ClNO3. The summed E-state index contributed by atoms with van der Waals surface area (Å²) in [7, 11) is 3.47. The molecule has 1 aromatic carbocycles. The van der Waals surface area contributed by atoms with Crippen molar-refractivity contribution in [3.05, 3.63) is 22.7 Å². The van der Waals surface area contributed by atoms with Gasteiger partial charge in [0.05, 0.1) is 17.7 Å². The van der Waals surface area contributed by atoms with Crippen LogP contribution >= 0.6 is 11.6 Å². The molecule has 0 amide bonds. The topological polar surface area (TPSA) is 50.7 Å². The molecule has 2 N–H and O–H groups in total. The molecule has 0 saturated heterocycles. The van der Waals surface area contributed by atoms with Crippen LogP contribution in [0.3, 0.4) is 0 Å². The zero-order valence-electron chi connectivity index (χ0n) is 12.7. The smallest absolute Gasteiger partial charge is 0.179 e. The zero-order chi connectivity index (χ0) is 15.3. The quantitative estimate of drug-likeness (QED) is 0.847. The van der Waals surface area contributed by atoms with E-state index in [1.807, 2.05) is 19.2 Å². The third kappa shape index (κ3) is 4.25. The van der Waals surface area contributed by atoms with E-state index in [9.17, 15) is 5.11 Å².